The second kappa shape index (κ2) is 5.90. The molecule has 7 heteroatoms. The first-order valence-corrected chi connectivity index (χ1v) is 8.83. The third kappa shape index (κ3) is 2.54. The van der Waals surface area contributed by atoms with E-state index in [0.29, 0.717) is 19.0 Å². The molecule has 0 fully saturated rings. The lowest BCUT2D eigenvalue weighted by Gasteiger charge is -2.27. The number of aryl methyl sites for hydroxylation is 1. The summed E-state index contributed by atoms with van der Waals surface area (Å²) in [6.45, 7) is 5.75. The average molecular weight is 342 g/mol. The minimum absolute atomic E-state index is 0.0432. The summed E-state index contributed by atoms with van der Waals surface area (Å²) in [4.78, 5) is 26.4. The average Bonchev–Trinajstić information content (AvgIpc) is 3.00. The van der Waals surface area contributed by atoms with Gasteiger partial charge < -0.3 is 14.6 Å². The van der Waals surface area contributed by atoms with E-state index < -0.39 is 0 Å². The second-order valence-electron chi connectivity index (χ2n) is 5.78. The molecular formula is C17H18N4O2S. The normalized spacial score (nSPS) is 14.0. The van der Waals surface area contributed by atoms with Gasteiger partial charge in [-0.15, -0.1) is 0 Å². The molecule has 1 aromatic carbocycles. The van der Waals surface area contributed by atoms with E-state index in [1.807, 2.05) is 26.0 Å². The molecule has 0 spiro atoms. The topological polar surface area (TPSA) is 71.1 Å². The van der Waals surface area contributed by atoms with E-state index >= 15 is 0 Å². The molecule has 0 unspecified atom stereocenters. The molecule has 1 N–H and O–H groups in total. The van der Waals surface area contributed by atoms with Crippen molar-refractivity contribution in [3.63, 3.8) is 0 Å². The fourth-order valence-electron chi connectivity index (χ4n) is 3.03. The molecule has 2 aromatic heterocycles. The van der Waals surface area contributed by atoms with Crippen LogP contribution in [0.5, 0.6) is 5.75 Å². The summed E-state index contributed by atoms with van der Waals surface area (Å²) in [5, 5.41) is 0.919. The van der Waals surface area contributed by atoms with Crippen molar-refractivity contribution in [3.05, 3.63) is 45.6 Å². The van der Waals surface area contributed by atoms with Crippen molar-refractivity contribution in [1.82, 2.24) is 15.0 Å². The van der Waals surface area contributed by atoms with Crippen molar-refractivity contribution in [3.8, 4) is 5.75 Å². The number of ether oxygens (including phenoxy) is 1. The van der Waals surface area contributed by atoms with Crippen LogP contribution in [-0.4, -0.2) is 28.1 Å². The Morgan fingerprint density at radius 3 is 3.08 bits per heavy atom. The van der Waals surface area contributed by atoms with E-state index in [1.54, 1.807) is 11.3 Å². The van der Waals surface area contributed by atoms with Crippen LogP contribution >= 0.6 is 11.3 Å². The minimum Gasteiger partial charge on any atom is -0.492 e. The fourth-order valence-corrected chi connectivity index (χ4v) is 4.04. The van der Waals surface area contributed by atoms with Gasteiger partial charge in [0.15, 0.2) is 5.13 Å². The number of benzene rings is 1. The van der Waals surface area contributed by atoms with Crippen LogP contribution in [-0.2, 0) is 13.0 Å². The van der Waals surface area contributed by atoms with Gasteiger partial charge in [-0.3, -0.25) is 4.79 Å². The Hall–Kier alpha value is -2.41. The van der Waals surface area contributed by atoms with E-state index in [0.717, 1.165) is 45.3 Å². The van der Waals surface area contributed by atoms with Crippen molar-refractivity contribution in [2.24, 2.45) is 0 Å². The van der Waals surface area contributed by atoms with Crippen molar-refractivity contribution in [2.75, 3.05) is 18.1 Å². The Balaban J connectivity index is 1.71. The number of nitrogens with one attached hydrogen (secondary N) is 1. The number of aromatic amines is 1. The molecule has 6 nitrogen and oxygen atoms in total. The summed E-state index contributed by atoms with van der Waals surface area (Å²) in [5.41, 5.74) is 2.50. The molecule has 4 rings (SSSR count). The van der Waals surface area contributed by atoms with Crippen molar-refractivity contribution < 1.29 is 4.74 Å². The summed E-state index contributed by atoms with van der Waals surface area (Å²) in [6, 6.07) is 5.98. The summed E-state index contributed by atoms with van der Waals surface area (Å²) < 4.78 is 6.76. The molecule has 0 saturated heterocycles. The number of H-pyrrole nitrogens is 1. The highest BCUT2D eigenvalue weighted by Gasteiger charge is 2.23. The van der Waals surface area contributed by atoms with Crippen LogP contribution in [0, 0.1) is 6.92 Å². The highest BCUT2D eigenvalue weighted by molar-refractivity contribution is 7.22. The van der Waals surface area contributed by atoms with Crippen LogP contribution in [0.2, 0.25) is 0 Å². The first-order chi connectivity index (χ1) is 11.7. The van der Waals surface area contributed by atoms with Crippen molar-refractivity contribution in [1.29, 1.82) is 0 Å². The van der Waals surface area contributed by atoms with Crippen LogP contribution < -0.4 is 15.2 Å². The van der Waals surface area contributed by atoms with Crippen molar-refractivity contribution in [2.45, 2.75) is 26.8 Å². The summed E-state index contributed by atoms with van der Waals surface area (Å²) in [6.07, 6.45) is 0.758. The maximum Gasteiger partial charge on any atom is 0.256 e. The lowest BCUT2D eigenvalue weighted by molar-refractivity contribution is 0.344. The van der Waals surface area contributed by atoms with Crippen molar-refractivity contribution >= 4 is 26.7 Å². The van der Waals surface area contributed by atoms with Gasteiger partial charge in [-0.25, -0.2) is 9.97 Å². The number of hydrogen-bond acceptors (Lipinski definition) is 6. The zero-order chi connectivity index (χ0) is 16.7. The number of thiazole rings is 1. The van der Waals surface area contributed by atoms with E-state index in [4.69, 9.17) is 9.72 Å². The highest BCUT2D eigenvalue weighted by Crippen LogP contribution is 2.35. The van der Waals surface area contributed by atoms with E-state index in [9.17, 15) is 4.79 Å². The van der Waals surface area contributed by atoms with E-state index in [1.165, 1.54) is 0 Å². The SMILES string of the molecule is CCOc1cccc2sc(N3CCc4nc(C)[nH]c(=O)c4C3)nc12. The first kappa shape index (κ1) is 15.1. The standard InChI is InChI=1S/C17H18N4O2S/c1-3-23-13-5-4-6-14-15(13)20-17(24-14)21-8-7-12-11(9-21)16(22)19-10(2)18-12/h4-6H,3,7-9H2,1-2H3,(H,18,19,22). The van der Waals surface area contributed by atoms with Crippen LogP contribution in [0.3, 0.4) is 0 Å². The number of para-hydroxylation sites is 1. The van der Waals surface area contributed by atoms with Gasteiger partial charge >= 0.3 is 0 Å². The van der Waals surface area contributed by atoms with Gasteiger partial charge in [-0.2, -0.15) is 0 Å². The van der Waals surface area contributed by atoms with Gasteiger partial charge in [0.1, 0.15) is 17.1 Å². The predicted molar refractivity (Wildman–Crippen MR) is 95.1 cm³/mol. The Morgan fingerprint density at radius 1 is 1.38 bits per heavy atom. The van der Waals surface area contributed by atoms with E-state index in [-0.39, 0.29) is 5.56 Å². The largest absolute Gasteiger partial charge is 0.492 e. The number of nitrogens with zero attached hydrogens (tertiary/aromatic N) is 3. The van der Waals surface area contributed by atoms with E-state index in [2.05, 4.69) is 20.9 Å². The third-order valence-electron chi connectivity index (χ3n) is 4.13. The zero-order valence-corrected chi connectivity index (χ0v) is 14.4. The maximum atomic E-state index is 12.2. The van der Waals surface area contributed by atoms with Crippen LogP contribution in [0.25, 0.3) is 10.2 Å². The molecule has 0 atom stereocenters. The van der Waals surface area contributed by atoms with Gasteiger partial charge in [0.25, 0.3) is 5.56 Å². The molecule has 24 heavy (non-hydrogen) atoms. The zero-order valence-electron chi connectivity index (χ0n) is 13.6. The lowest BCUT2D eigenvalue weighted by atomic mass is 10.1. The van der Waals surface area contributed by atoms with Gasteiger partial charge in [-0.05, 0) is 26.0 Å². The molecule has 3 heterocycles. The minimum atomic E-state index is -0.0432. The molecule has 0 radical (unpaired) electrons. The number of aromatic nitrogens is 3. The molecule has 0 bridgehead atoms. The molecular weight excluding hydrogens is 324 g/mol. The summed E-state index contributed by atoms with van der Waals surface area (Å²) >= 11 is 1.63. The first-order valence-electron chi connectivity index (χ1n) is 8.01. The predicted octanol–water partition coefficient (Wildman–Crippen LogP) is 2.65. The Kier molecular flexibility index (Phi) is 3.72. The van der Waals surface area contributed by atoms with Gasteiger partial charge in [0, 0.05) is 13.0 Å². The molecule has 0 aliphatic carbocycles. The smallest absolute Gasteiger partial charge is 0.256 e. The highest BCUT2D eigenvalue weighted by atomic mass is 32.1. The Labute approximate surface area is 143 Å². The molecule has 3 aromatic rings. The molecule has 0 saturated carbocycles. The number of fused-ring (bicyclic) bond motifs is 2. The maximum absolute atomic E-state index is 12.2. The molecule has 124 valence electrons. The quantitative estimate of drug-likeness (QED) is 0.792. The molecule has 1 aliphatic rings. The Bertz CT molecular complexity index is 963. The monoisotopic (exact) mass is 342 g/mol. The molecule has 1 aliphatic heterocycles. The summed E-state index contributed by atoms with van der Waals surface area (Å²) in [5.74, 6) is 1.48. The van der Waals surface area contributed by atoms with Crippen LogP contribution in [0.15, 0.2) is 23.0 Å². The van der Waals surface area contributed by atoms with Crippen LogP contribution in [0.4, 0.5) is 5.13 Å². The molecule has 0 amide bonds. The van der Waals surface area contributed by atoms with Gasteiger partial charge in [0.05, 0.1) is 29.1 Å². The third-order valence-corrected chi connectivity index (χ3v) is 5.21. The second-order valence-corrected chi connectivity index (χ2v) is 6.79. The number of anilines is 1. The fraction of sp³-hybridized carbons (Fsp3) is 0.353. The lowest BCUT2D eigenvalue weighted by Crippen LogP contribution is -2.35. The Morgan fingerprint density at radius 2 is 2.25 bits per heavy atom. The number of rotatable bonds is 3. The van der Waals surface area contributed by atoms with Gasteiger partial charge in [0.2, 0.25) is 0 Å². The van der Waals surface area contributed by atoms with Gasteiger partial charge in [-0.1, -0.05) is 17.4 Å². The summed E-state index contributed by atoms with van der Waals surface area (Å²) in [7, 11) is 0. The number of hydrogen-bond donors (Lipinski definition) is 1. The van der Waals surface area contributed by atoms with Crippen LogP contribution in [0.1, 0.15) is 24.0 Å².